The second kappa shape index (κ2) is 7.64. The standard InChI is InChI=1S/C15H23BrN2O2/c1-5-15(2,3)18-14(19)9-17-13-8-6-7-12(16)11(13)10-20-4/h6-8,17H,5,9-10H2,1-4H3,(H,18,19). The molecule has 1 aromatic rings. The summed E-state index contributed by atoms with van der Waals surface area (Å²) < 4.78 is 6.15. The SMILES string of the molecule is CCC(C)(C)NC(=O)CNc1cccc(Br)c1COC. The van der Waals surface area contributed by atoms with Crippen LogP contribution in [-0.4, -0.2) is 25.1 Å². The quantitative estimate of drug-likeness (QED) is 0.799. The van der Waals surface area contributed by atoms with Gasteiger partial charge in [-0.25, -0.2) is 0 Å². The summed E-state index contributed by atoms with van der Waals surface area (Å²) in [4.78, 5) is 11.9. The van der Waals surface area contributed by atoms with Gasteiger partial charge < -0.3 is 15.4 Å². The molecule has 0 radical (unpaired) electrons. The molecule has 0 atom stereocenters. The van der Waals surface area contributed by atoms with E-state index in [2.05, 4.69) is 33.5 Å². The summed E-state index contributed by atoms with van der Waals surface area (Å²) in [5.41, 5.74) is 1.74. The van der Waals surface area contributed by atoms with Crippen LogP contribution in [0.4, 0.5) is 5.69 Å². The Bertz CT molecular complexity index is 461. The smallest absolute Gasteiger partial charge is 0.239 e. The Kier molecular flexibility index (Phi) is 6.49. The first kappa shape index (κ1) is 17.0. The van der Waals surface area contributed by atoms with Gasteiger partial charge in [0, 0.05) is 28.4 Å². The van der Waals surface area contributed by atoms with Crippen molar-refractivity contribution in [3.05, 3.63) is 28.2 Å². The van der Waals surface area contributed by atoms with Crippen molar-refractivity contribution in [1.29, 1.82) is 0 Å². The van der Waals surface area contributed by atoms with E-state index in [1.807, 2.05) is 32.0 Å². The minimum absolute atomic E-state index is 0.0137. The van der Waals surface area contributed by atoms with E-state index < -0.39 is 0 Å². The monoisotopic (exact) mass is 342 g/mol. The van der Waals surface area contributed by atoms with Crippen molar-refractivity contribution in [2.75, 3.05) is 19.0 Å². The third-order valence-electron chi connectivity index (χ3n) is 3.21. The largest absolute Gasteiger partial charge is 0.380 e. The maximum absolute atomic E-state index is 11.9. The molecule has 0 bridgehead atoms. The molecule has 4 nitrogen and oxygen atoms in total. The van der Waals surface area contributed by atoms with E-state index in [0.29, 0.717) is 6.61 Å². The lowest BCUT2D eigenvalue weighted by molar-refractivity contribution is -0.121. The van der Waals surface area contributed by atoms with Gasteiger partial charge in [0.2, 0.25) is 5.91 Å². The first-order valence-electron chi connectivity index (χ1n) is 6.71. The number of ether oxygens (including phenoxy) is 1. The molecule has 0 saturated heterocycles. The Morgan fingerprint density at radius 2 is 2.10 bits per heavy atom. The first-order valence-corrected chi connectivity index (χ1v) is 7.50. The summed E-state index contributed by atoms with van der Waals surface area (Å²) in [6, 6.07) is 5.83. The lowest BCUT2D eigenvalue weighted by Crippen LogP contribution is -2.45. The Hall–Kier alpha value is -1.07. The molecule has 1 aromatic carbocycles. The fourth-order valence-electron chi connectivity index (χ4n) is 1.70. The van der Waals surface area contributed by atoms with E-state index in [-0.39, 0.29) is 18.0 Å². The van der Waals surface area contributed by atoms with E-state index in [1.165, 1.54) is 0 Å². The van der Waals surface area contributed by atoms with Crippen LogP contribution in [-0.2, 0) is 16.1 Å². The van der Waals surface area contributed by atoms with Crippen LogP contribution >= 0.6 is 15.9 Å². The predicted octanol–water partition coefficient (Wildman–Crippen LogP) is 3.31. The van der Waals surface area contributed by atoms with E-state index in [4.69, 9.17) is 4.74 Å². The average Bonchev–Trinajstić information content (AvgIpc) is 2.39. The summed E-state index contributed by atoms with van der Waals surface area (Å²) in [6.45, 7) is 6.82. The minimum Gasteiger partial charge on any atom is -0.380 e. The fourth-order valence-corrected chi connectivity index (χ4v) is 2.18. The van der Waals surface area contributed by atoms with Gasteiger partial charge in [-0.3, -0.25) is 4.79 Å². The fraction of sp³-hybridized carbons (Fsp3) is 0.533. The van der Waals surface area contributed by atoms with Crippen LogP contribution in [0.5, 0.6) is 0 Å². The number of rotatable bonds is 7. The van der Waals surface area contributed by atoms with E-state index >= 15 is 0 Å². The van der Waals surface area contributed by atoms with Crippen LogP contribution in [0.2, 0.25) is 0 Å². The molecular weight excluding hydrogens is 320 g/mol. The molecule has 5 heteroatoms. The van der Waals surface area contributed by atoms with E-state index in [1.54, 1.807) is 7.11 Å². The van der Waals surface area contributed by atoms with Gasteiger partial charge in [0.1, 0.15) is 0 Å². The molecule has 0 unspecified atom stereocenters. The van der Waals surface area contributed by atoms with Crippen molar-refractivity contribution < 1.29 is 9.53 Å². The normalized spacial score (nSPS) is 11.2. The molecule has 1 amide bonds. The maximum Gasteiger partial charge on any atom is 0.239 e. The summed E-state index contributed by atoms with van der Waals surface area (Å²) in [5.74, 6) is -0.0137. The maximum atomic E-state index is 11.9. The van der Waals surface area contributed by atoms with Crippen LogP contribution in [0.15, 0.2) is 22.7 Å². The molecule has 0 aromatic heterocycles. The van der Waals surface area contributed by atoms with Crippen molar-refractivity contribution in [2.24, 2.45) is 0 Å². The number of halogens is 1. The van der Waals surface area contributed by atoms with Gasteiger partial charge in [-0.2, -0.15) is 0 Å². The number of anilines is 1. The summed E-state index contributed by atoms with van der Waals surface area (Å²) >= 11 is 3.49. The number of hydrogen-bond donors (Lipinski definition) is 2. The van der Waals surface area contributed by atoms with E-state index in [9.17, 15) is 4.79 Å². The third kappa shape index (κ3) is 5.13. The Morgan fingerprint density at radius 1 is 1.40 bits per heavy atom. The molecular formula is C15H23BrN2O2. The van der Waals surface area contributed by atoms with Gasteiger partial charge in [0.25, 0.3) is 0 Å². The second-order valence-corrected chi connectivity index (χ2v) is 6.19. The van der Waals surface area contributed by atoms with Gasteiger partial charge in [0.05, 0.1) is 13.2 Å². The van der Waals surface area contributed by atoms with Crippen molar-refractivity contribution in [2.45, 2.75) is 39.3 Å². The number of carbonyl (C=O) groups excluding carboxylic acids is 1. The lowest BCUT2D eigenvalue weighted by atomic mass is 10.0. The number of amides is 1. The first-order chi connectivity index (χ1) is 9.39. The zero-order valence-corrected chi connectivity index (χ0v) is 14.1. The third-order valence-corrected chi connectivity index (χ3v) is 3.95. The highest BCUT2D eigenvalue weighted by Crippen LogP contribution is 2.25. The number of carbonyl (C=O) groups is 1. The number of hydrogen-bond acceptors (Lipinski definition) is 3. The van der Waals surface area contributed by atoms with Crippen LogP contribution < -0.4 is 10.6 Å². The summed E-state index contributed by atoms with van der Waals surface area (Å²) in [6.07, 6.45) is 0.893. The molecule has 0 heterocycles. The molecule has 0 saturated carbocycles. The number of methoxy groups -OCH3 is 1. The molecule has 0 aliphatic carbocycles. The van der Waals surface area contributed by atoms with Crippen molar-refractivity contribution >= 4 is 27.5 Å². The van der Waals surface area contributed by atoms with Crippen LogP contribution in [0.3, 0.4) is 0 Å². The van der Waals surface area contributed by atoms with Crippen molar-refractivity contribution in [3.8, 4) is 0 Å². The minimum atomic E-state index is -0.175. The van der Waals surface area contributed by atoms with Gasteiger partial charge in [-0.1, -0.05) is 28.9 Å². The van der Waals surface area contributed by atoms with Gasteiger partial charge in [0.15, 0.2) is 0 Å². The molecule has 2 N–H and O–H groups in total. The molecule has 0 spiro atoms. The Morgan fingerprint density at radius 3 is 2.70 bits per heavy atom. The van der Waals surface area contributed by atoms with Crippen molar-refractivity contribution in [1.82, 2.24) is 5.32 Å². The Labute approximate surface area is 129 Å². The molecule has 0 aliphatic heterocycles. The lowest BCUT2D eigenvalue weighted by Gasteiger charge is -2.24. The van der Waals surface area contributed by atoms with Crippen LogP contribution in [0, 0.1) is 0 Å². The van der Waals surface area contributed by atoms with E-state index in [0.717, 1.165) is 22.1 Å². The molecule has 20 heavy (non-hydrogen) atoms. The summed E-state index contributed by atoms with van der Waals surface area (Å²) in [5, 5.41) is 6.16. The topological polar surface area (TPSA) is 50.4 Å². The molecule has 0 fully saturated rings. The van der Waals surface area contributed by atoms with Gasteiger partial charge in [-0.15, -0.1) is 0 Å². The molecule has 0 aliphatic rings. The van der Waals surface area contributed by atoms with Gasteiger partial charge >= 0.3 is 0 Å². The van der Waals surface area contributed by atoms with Crippen LogP contribution in [0.1, 0.15) is 32.8 Å². The molecule has 112 valence electrons. The van der Waals surface area contributed by atoms with Crippen molar-refractivity contribution in [3.63, 3.8) is 0 Å². The Balaban J connectivity index is 2.66. The zero-order valence-electron chi connectivity index (χ0n) is 12.5. The number of benzene rings is 1. The second-order valence-electron chi connectivity index (χ2n) is 5.34. The highest BCUT2D eigenvalue weighted by atomic mass is 79.9. The average molecular weight is 343 g/mol. The highest BCUT2D eigenvalue weighted by Gasteiger charge is 2.17. The summed E-state index contributed by atoms with van der Waals surface area (Å²) in [7, 11) is 1.65. The van der Waals surface area contributed by atoms with Gasteiger partial charge in [-0.05, 0) is 32.4 Å². The predicted molar refractivity (Wildman–Crippen MR) is 85.9 cm³/mol. The number of nitrogens with one attached hydrogen (secondary N) is 2. The highest BCUT2D eigenvalue weighted by molar-refractivity contribution is 9.10. The zero-order chi connectivity index (χ0) is 15.2. The molecule has 1 rings (SSSR count). The van der Waals surface area contributed by atoms with Crippen LogP contribution in [0.25, 0.3) is 0 Å².